The van der Waals surface area contributed by atoms with Gasteiger partial charge in [-0.3, -0.25) is 0 Å². The maximum atomic E-state index is 12.2. The molecule has 2 aromatic rings. The Bertz CT molecular complexity index is 1140. The summed E-state index contributed by atoms with van der Waals surface area (Å²) in [5.74, 6) is -4.29. The van der Waals surface area contributed by atoms with E-state index in [1.165, 1.54) is 36.4 Å². The Morgan fingerprint density at radius 2 is 1.76 bits per heavy atom. The van der Waals surface area contributed by atoms with Crippen molar-refractivity contribution in [2.45, 2.75) is 44.1 Å². The number of aliphatic carboxylic acids is 1. The number of phenolic OH excluding ortho intramolecular Hbond substituents is 3. The van der Waals surface area contributed by atoms with Crippen molar-refractivity contribution in [3.05, 3.63) is 53.6 Å². The summed E-state index contributed by atoms with van der Waals surface area (Å²) in [5.41, 5.74) is 0.653. The first-order valence-electron chi connectivity index (χ1n) is 11.2. The van der Waals surface area contributed by atoms with E-state index < -0.39 is 60.9 Å². The maximum absolute atomic E-state index is 12.2. The first kappa shape index (κ1) is 27.7. The van der Waals surface area contributed by atoms with E-state index >= 15 is 0 Å². The Morgan fingerprint density at radius 3 is 2.38 bits per heavy atom. The van der Waals surface area contributed by atoms with Gasteiger partial charge < -0.3 is 50.0 Å². The lowest BCUT2D eigenvalue weighted by Gasteiger charge is -2.40. The molecule has 12 heteroatoms. The van der Waals surface area contributed by atoms with E-state index in [0.717, 1.165) is 12.1 Å². The number of carboxylic acid groups (broad SMARTS) is 1. The van der Waals surface area contributed by atoms with Gasteiger partial charge in [-0.05, 0) is 41.5 Å². The van der Waals surface area contributed by atoms with E-state index in [0.29, 0.717) is 11.1 Å². The summed E-state index contributed by atoms with van der Waals surface area (Å²) in [6, 6.07) is 7.77. The topological polar surface area (TPSA) is 203 Å². The molecule has 37 heavy (non-hydrogen) atoms. The third kappa shape index (κ3) is 6.89. The number of benzene rings is 2. The van der Waals surface area contributed by atoms with Crippen molar-refractivity contribution < 1.29 is 59.5 Å². The van der Waals surface area contributed by atoms with E-state index in [1.807, 2.05) is 0 Å². The van der Waals surface area contributed by atoms with E-state index in [1.54, 1.807) is 6.92 Å². The summed E-state index contributed by atoms with van der Waals surface area (Å²) < 4.78 is 15.9. The number of carbonyl (C=O) groups is 2. The zero-order chi connectivity index (χ0) is 27.3. The lowest BCUT2D eigenvalue weighted by molar-refractivity contribution is -0.261. The van der Waals surface area contributed by atoms with Crippen molar-refractivity contribution in [3.8, 4) is 23.0 Å². The van der Waals surface area contributed by atoms with Crippen LogP contribution in [-0.4, -0.2) is 85.0 Å². The van der Waals surface area contributed by atoms with Gasteiger partial charge in [0.05, 0.1) is 12.7 Å². The number of carbonyl (C=O) groups excluding carboxylic acids is 1. The van der Waals surface area contributed by atoms with Crippen LogP contribution in [0.25, 0.3) is 6.08 Å². The van der Waals surface area contributed by atoms with Gasteiger partial charge in [-0.1, -0.05) is 19.1 Å². The molecule has 12 nitrogen and oxygen atoms in total. The highest BCUT2D eigenvalue weighted by molar-refractivity contribution is 5.89. The van der Waals surface area contributed by atoms with Gasteiger partial charge >= 0.3 is 11.9 Å². The SMILES string of the molecule is CC1C(O)C(CO)OC(Oc2ccc(/C=C/C(=O)O[C@H](Cc3ccc(O)c(O)c3)C(=O)O)cc2O)C1O. The summed E-state index contributed by atoms with van der Waals surface area (Å²) in [6.07, 6.45) is -4.16. The fourth-order valence-corrected chi connectivity index (χ4v) is 3.67. The highest BCUT2D eigenvalue weighted by Gasteiger charge is 2.43. The molecule has 6 atom stereocenters. The Labute approximate surface area is 211 Å². The van der Waals surface area contributed by atoms with E-state index in [-0.39, 0.29) is 23.7 Å². The highest BCUT2D eigenvalue weighted by atomic mass is 16.7. The second kappa shape index (κ2) is 11.9. The van der Waals surface area contributed by atoms with Gasteiger partial charge in [-0.2, -0.15) is 0 Å². The minimum absolute atomic E-state index is 0.0628. The number of rotatable bonds is 9. The molecule has 0 bridgehead atoms. The molecule has 0 aromatic heterocycles. The maximum Gasteiger partial charge on any atom is 0.345 e. The Morgan fingerprint density at radius 1 is 1.03 bits per heavy atom. The fraction of sp³-hybridized carbons (Fsp3) is 0.360. The van der Waals surface area contributed by atoms with Crippen LogP contribution in [0.15, 0.2) is 42.5 Å². The molecule has 1 heterocycles. The zero-order valence-electron chi connectivity index (χ0n) is 19.7. The molecular formula is C25H28O12. The van der Waals surface area contributed by atoms with Gasteiger partial charge in [0.1, 0.15) is 12.2 Å². The molecule has 0 saturated carbocycles. The molecular weight excluding hydrogens is 492 g/mol. The van der Waals surface area contributed by atoms with E-state index in [9.17, 15) is 45.3 Å². The van der Waals surface area contributed by atoms with Crippen LogP contribution in [0, 0.1) is 5.92 Å². The molecule has 200 valence electrons. The minimum Gasteiger partial charge on any atom is -0.504 e. The number of phenols is 3. The van der Waals surface area contributed by atoms with Gasteiger partial charge in [0.25, 0.3) is 0 Å². The average molecular weight is 520 g/mol. The van der Waals surface area contributed by atoms with Crippen LogP contribution in [0.2, 0.25) is 0 Å². The van der Waals surface area contributed by atoms with Gasteiger partial charge in [0, 0.05) is 18.4 Å². The van der Waals surface area contributed by atoms with Gasteiger partial charge in [0.2, 0.25) is 12.4 Å². The first-order valence-corrected chi connectivity index (χ1v) is 11.2. The Hall–Kier alpha value is -3.84. The molecule has 0 amide bonds. The summed E-state index contributed by atoms with van der Waals surface area (Å²) >= 11 is 0. The van der Waals surface area contributed by atoms with Crippen LogP contribution in [0.3, 0.4) is 0 Å². The molecule has 0 aliphatic carbocycles. The molecule has 3 rings (SSSR count). The van der Waals surface area contributed by atoms with E-state index in [2.05, 4.69) is 0 Å². The first-order chi connectivity index (χ1) is 17.5. The number of hydrogen-bond donors (Lipinski definition) is 7. The van der Waals surface area contributed by atoms with Crippen LogP contribution in [-0.2, 0) is 25.5 Å². The number of aliphatic hydroxyl groups excluding tert-OH is 3. The smallest absolute Gasteiger partial charge is 0.345 e. The third-order valence-corrected chi connectivity index (χ3v) is 5.86. The van der Waals surface area contributed by atoms with Crippen LogP contribution >= 0.6 is 0 Å². The summed E-state index contributed by atoms with van der Waals surface area (Å²) in [6.45, 7) is 1.07. The number of ether oxygens (including phenoxy) is 3. The van der Waals surface area contributed by atoms with Crippen LogP contribution < -0.4 is 4.74 Å². The largest absolute Gasteiger partial charge is 0.504 e. The van der Waals surface area contributed by atoms with Gasteiger partial charge in [-0.15, -0.1) is 0 Å². The molecule has 1 aliphatic rings. The molecule has 1 fully saturated rings. The molecule has 1 aliphatic heterocycles. The molecule has 5 unspecified atom stereocenters. The monoisotopic (exact) mass is 520 g/mol. The molecule has 2 aromatic carbocycles. The second-order valence-corrected chi connectivity index (χ2v) is 8.54. The molecule has 1 saturated heterocycles. The summed E-state index contributed by atoms with van der Waals surface area (Å²) in [4.78, 5) is 23.7. The average Bonchev–Trinajstić information content (AvgIpc) is 2.86. The quantitative estimate of drug-likeness (QED) is 0.137. The Balaban J connectivity index is 1.63. The number of carboxylic acids is 1. The van der Waals surface area contributed by atoms with Crippen molar-refractivity contribution in [2.24, 2.45) is 5.92 Å². The van der Waals surface area contributed by atoms with Crippen molar-refractivity contribution >= 4 is 18.0 Å². The fourth-order valence-electron chi connectivity index (χ4n) is 3.67. The van der Waals surface area contributed by atoms with Crippen LogP contribution in [0.1, 0.15) is 18.1 Å². The Kier molecular flexibility index (Phi) is 8.95. The van der Waals surface area contributed by atoms with Crippen molar-refractivity contribution in [1.82, 2.24) is 0 Å². The van der Waals surface area contributed by atoms with Crippen LogP contribution in [0.4, 0.5) is 0 Å². The summed E-state index contributed by atoms with van der Waals surface area (Å²) in [7, 11) is 0. The summed E-state index contributed by atoms with van der Waals surface area (Å²) in [5, 5.41) is 68.3. The number of hydrogen-bond acceptors (Lipinski definition) is 11. The number of esters is 1. The predicted octanol–water partition coefficient (Wildman–Crippen LogP) is 0.510. The highest BCUT2D eigenvalue weighted by Crippen LogP contribution is 2.33. The van der Waals surface area contributed by atoms with Crippen LogP contribution in [0.5, 0.6) is 23.0 Å². The van der Waals surface area contributed by atoms with E-state index in [4.69, 9.17) is 14.2 Å². The molecule has 0 spiro atoms. The van der Waals surface area contributed by atoms with Crippen molar-refractivity contribution in [1.29, 1.82) is 0 Å². The number of aromatic hydroxyl groups is 3. The zero-order valence-corrected chi connectivity index (χ0v) is 19.7. The van der Waals surface area contributed by atoms with Crippen molar-refractivity contribution in [2.75, 3.05) is 6.61 Å². The standard InChI is InChI=1S/C25H28O12/c1-12-22(31)20(11-26)37-25(23(12)32)36-18-6-3-13(8-17(18)29)4-7-21(30)35-19(24(33)34)10-14-2-5-15(27)16(28)9-14/h2-9,12,19-20,22-23,25-29,31-32H,10-11H2,1H3,(H,33,34)/b7-4+/t12?,19-,20?,22?,23?,25?/m1/s1. The lowest BCUT2D eigenvalue weighted by atomic mass is 9.91. The third-order valence-electron chi connectivity index (χ3n) is 5.86. The minimum atomic E-state index is -1.56. The van der Waals surface area contributed by atoms with Crippen molar-refractivity contribution in [3.63, 3.8) is 0 Å². The normalized spacial score (nSPS) is 24.5. The van der Waals surface area contributed by atoms with Gasteiger partial charge in [0.15, 0.2) is 23.0 Å². The molecule has 7 N–H and O–H groups in total. The number of aliphatic hydroxyl groups is 3. The molecule has 0 radical (unpaired) electrons. The second-order valence-electron chi connectivity index (χ2n) is 8.54. The lowest BCUT2D eigenvalue weighted by Crippen LogP contribution is -2.56. The predicted molar refractivity (Wildman–Crippen MR) is 126 cm³/mol. The van der Waals surface area contributed by atoms with Gasteiger partial charge in [-0.25, -0.2) is 9.59 Å².